The average molecular weight is 261 g/mol. The normalized spacial score (nSPS) is 15.7. The van der Waals surface area contributed by atoms with Gasteiger partial charge in [0.15, 0.2) is 0 Å². The Morgan fingerprint density at radius 3 is 2.29 bits per heavy atom. The van der Waals surface area contributed by atoms with E-state index in [0.717, 1.165) is 12.8 Å². The van der Waals surface area contributed by atoms with Gasteiger partial charge in [-0.1, -0.05) is 0 Å². The van der Waals surface area contributed by atoms with Gasteiger partial charge in [-0.25, -0.2) is 0 Å². The first-order valence-corrected chi connectivity index (χ1v) is 5.92. The van der Waals surface area contributed by atoms with E-state index in [-0.39, 0.29) is 28.5 Å². The fraction of sp³-hybridized carbons (Fsp3) is 0.364. The van der Waals surface area contributed by atoms with Crippen molar-refractivity contribution in [1.82, 2.24) is 0 Å². The van der Waals surface area contributed by atoms with Crippen molar-refractivity contribution >= 4 is 23.4 Å². The minimum absolute atomic E-state index is 0.0544. The van der Waals surface area contributed by atoms with Crippen molar-refractivity contribution in [3.8, 4) is 0 Å². The van der Waals surface area contributed by atoms with Crippen LogP contribution in [-0.4, -0.2) is 11.4 Å². The fourth-order valence-electron chi connectivity index (χ4n) is 1.33. The smallest absolute Gasteiger partial charge is 0.326 e. The van der Waals surface area contributed by atoms with Crippen LogP contribution in [0.5, 0.6) is 0 Å². The lowest BCUT2D eigenvalue weighted by Gasteiger charge is -2.07. The fourth-order valence-corrected chi connectivity index (χ4v) is 1.87. The molecular weight excluding hydrogens is 251 g/mol. The maximum Gasteiger partial charge on any atom is 0.446 e. The zero-order valence-corrected chi connectivity index (χ0v) is 9.57. The second-order valence-electron chi connectivity index (χ2n) is 3.84. The van der Waals surface area contributed by atoms with Crippen molar-refractivity contribution in [2.24, 2.45) is 5.92 Å². The third-order valence-electron chi connectivity index (χ3n) is 2.30. The van der Waals surface area contributed by atoms with E-state index in [0.29, 0.717) is 5.69 Å². The third kappa shape index (κ3) is 3.96. The Morgan fingerprint density at radius 2 is 1.82 bits per heavy atom. The van der Waals surface area contributed by atoms with E-state index in [1.807, 2.05) is 0 Å². The highest BCUT2D eigenvalue weighted by molar-refractivity contribution is 8.00. The molecule has 2 rings (SSSR count). The van der Waals surface area contributed by atoms with Gasteiger partial charge in [-0.3, -0.25) is 4.79 Å². The molecule has 0 atom stereocenters. The van der Waals surface area contributed by atoms with Gasteiger partial charge in [0.25, 0.3) is 0 Å². The van der Waals surface area contributed by atoms with Gasteiger partial charge in [0, 0.05) is 16.5 Å². The van der Waals surface area contributed by atoms with Gasteiger partial charge in [0.1, 0.15) is 0 Å². The molecule has 1 aliphatic rings. The minimum Gasteiger partial charge on any atom is -0.326 e. The lowest BCUT2D eigenvalue weighted by molar-refractivity contribution is -0.117. The number of carbonyl (C=O) groups is 1. The van der Waals surface area contributed by atoms with Gasteiger partial charge >= 0.3 is 5.51 Å². The number of halogens is 3. The molecule has 92 valence electrons. The molecule has 6 heteroatoms. The lowest BCUT2D eigenvalue weighted by atomic mass is 10.3. The van der Waals surface area contributed by atoms with Crippen LogP contribution >= 0.6 is 11.8 Å². The number of amides is 1. The molecular formula is C11H10F3NOS. The first-order valence-electron chi connectivity index (χ1n) is 5.11. The molecule has 1 aromatic rings. The molecule has 2 nitrogen and oxygen atoms in total. The SMILES string of the molecule is O=C(Nc1ccc(SC(F)(F)F)cc1)C1CC1. The number of nitrogens with one attached hydrogen (secondary N) is 1. The van der Waals surface area contributed by atoms with E-state index in [2.05, 4.69) is 5.32 Å². The van der Waals surface area contributed by atoms with Crippen molar-refractivity contribution in [1.29, 1.82) is 0 Å². The number of alkyl halides is 3. The summed E-state index contributed by atoms with van der Waals surface area (Å²) in [5, 5.41) is 2.66. The van der Waals surface area contributed by atoms with Gasteiger partial charge in [0.05, 0.1) is 0 Å². The topological polar surface area (TPSA) is 29.1 Å². The molecule has 0 aromatic heterocycles. The molecule has 1 N–H and O–H groups in total. The Hall–Kier alpha value is -1.17. The highest BCUT2D eigenvalue weighted by atomic mass is 32.2. The standard InChI is InChI=1S/C11H10F3NOS/c12-11(13,14)17-9-5-3-8(4-6-9)15-10(16)7-1-2-7/h3-7H,1-2H2,(H,15,16). The van der Waals surface area contributed by atoms with Crippen molar-refractivity contribution in [2.45, 2.75) is 23.2 Å². The molecule has 0 spiro atoms. The molecule has 1 saturated carbocycles. The summed E-state index contributed by atoms with van der Waals surface area (Å²) in [6, 6.07) is 5.66. The number of anilines is 1. The summed E-state index contributed by atoms with van der Waals surface area (Å²) >= 11 is -0.166. The predicted molar refractivity (Wildman–Crippen MR) is 59.7 cm³/mol. The molecule has 1 amide bonds. The summed E-state index contributed by atoms with van der Waals surface area (Å²) in [5.41, 5.74) is -3.74. The van der Waals surface area contributed by atoms with Crippen LogP contribution in [0, 0.1) is 5.92 Å². The number of hydrogen-bond donors (Lipinski definition) is 1. The average Bonchev–Trinajstić information content (AvgIpc) is 3.02. The van der Waals surface area contributed by atoms with Crippen LogP contribution in [0.4, 0.5) is 18.9 Å². The Kier molecular flexibility index (Phi) is 3.33. The quantitative estimate of drug-likeness (QED) is 0.841. The highest BCUT2D eigenvalue weighted by Crippen LogP contribution is 2.37. The van der Waals surface area contributed by atoms with Gasteiger partial charge in [0.2, 0.25) is 5.91 Å². The second-order valence-corrected chi connectivity index (χ2v) is 4.97. The largest absolute Gasteiger partial charge is 0.446 e. The Morgan fingerprint density at radius 1 is 1.24 bits per heavy atom. The molecule has 0 aliphatic heterocycles. The van der Waals surface area contributed by atoms with E-state index in [1.165, 1.54) is 24.3 Å². The second kappa shape index (κ2) is 4.60. The third-order valence-corrected chi connectivity index (χ3v) is 3.04. The van der Waals surface area contributed by atoms with Crippen LogP contribution in [0.2, 0.25) is 0 Å². The Labute approximate surface area is 101 Å². The zero-order chi connectivity index (χ0) is 12.5. The minimum atomic E-state index is -4.28. The first-order chi connectivity index (χ1) is 7.94. The first kappa shape index (κ1) is 12.3. The Bertz CT molecular complexity index is 412. The summed E-state index contributed by atoms with van der Waals surface area (Å²) < 4.78 is 36.2. The van der Waals surface area contributed by atoms with E-state index in [1.54, 1.807) is 0 Å². The van der Waals surface area contributed by atoms with E-state index < -0.39 is 5.51 Å². The number of rotatable bonds is 3. The van der Waals surface area contributed by atoms with Gasteiger partial charge in [-0.2, -0.15) is 13.2 Å². The van der Waals surface area contributed by atoms with Crippen LogP contribution in [-0.2, 0) is 4.79 Å². The van der Waals surface area contributed by atoms with E-state index in [4.69, 9.17) is 0 Å². The molecule has 17 heavy (non-hydrogen) atoms. The summed E-state index contributed by atoms with van der Waals surface area (Å²) in [4.78, 5) is 11.5. The van der Waals surface area contributed by atoms with E-state index in [9.17, 15) is 18.0 Å². The maximum atomic E-state index is 12.1. The van der Waals surface area contributed by atoms with Crippen LogP contribution in [0.3, 0.4) is 0 Å². The predicted octanol–water partition coefficient (Wildman–Crippen LogP) is 3.65. The number of benzene rings is 1. The highest BCUT2D eigenvalue weighted by Gasteiger charge is 2.30. The van der Waals surface area contributed by atoms with Gasteiger partial charge in [-0.05, 0) is 48.9 Å². The number of carbonyl (C=O) groups excluding carboxylic acids is 1. The molecule has 1 aromatic carbocycles. The molecule has 0 heterocycles. The van der Waals surface area contributed by atoms with Crippen LogP contribution in [0.25, 0.3) is 0 Å². The van der Waals surface area contributed by atoms with Crippen LogP contribution in [0.1, 0.15) is 12.8 Å². The van der Waals surface area contributed by atoms with E-state index >= 15 is 0 Å². The molecule has 1 fully saturated rings. The number of thioether (sulfide) groups is 1. The summed E-state index contributed by atoms with van der Waals surface area (Å²) in [5.74, 6) is 0.0282. The molecule has 0 unspecified atom stereocenters. The van der Waals surface area contributed by atoms with Gasteiger partial charge in [-0.15, -0.1) is 0 Å². The maximum absolute atomic E-state index is 12.1. The molecule has 0 saturated heterocycles. The lowest BCUT2D eigenvalue weighted by Crippen LogP contribution is -2.13. The summed E-state index contributed by atoms with van der Waals surface area (Å²) in [6.07, 6.45) is 1.79. The monoisotopic (exact) mass is 261 g/mol. The molecule has 0 radical (unpaired) electrons. The summed E-state index contributed by atoms with van der Waals surface area (Å²) in [7, 11) is 0. The van der Waals surface area contributed by atoms with Gasteiger partial charge < -0.3 is 5.32 Å². The zero-order valence-electron chi connectivity index (χ0n) is 8.75. The van der Waals surface area contributed by atoms with Crippen LogP contribution in [0.15, 0.2) is 29.2 Å². The van der Waals surface area contributed by atoms with Crippen molar-refractivity contribution in [3.05, 3.63) is 24.3 Å². The number of hydrogen-bond acceptors (Lipinski definition) is 2. The van der Waals surface area contributed by atoms with Crippen molar-refractivity contribution in [3.63, 3.8) is 0 Å². The Balaban J connectivity index is 1.95. The van der Waals surface area contributed by atoms with Crippen LogP contribution < -0.4 is 5.32 Å². The molecule has 0 bridgehead atoms. The van der Waals surface area contributed by atoms with Crippen molar-refractivity contribution < 1.29 is 18.0 Å². The molecule has 1 aliphatic carbocycles. The summed E-state index contributed by atoms with van der Waals surface area (Å²) in [6.45, 7) is 0. The van der Waals surface area contributed by atoms with Crippen molar-refractivity contribution in [2.75, 3.05) is 5.32 Å².